The molecule has 10 heavy (non-hydrogen) atoms. The van der Waals surface area contributed by atoms with Crippen molar-refractivity contribution in [3.05, 3.63) is 15.7 Å². The predicted molar refractivity (Wildman–Crippen MR) is 46.1 cm³/mol. The summed E-state index contributed by atoms with van der Waals surface area (Å²) in [5.41, 5.74) is 0. The highest BCUT2D eigenvalue weighted by Gasteiger charge is 1.95. The molecule has 0 aliphatic carbocycles. The average molecular weight is 186 g/mol. The van der Waals surface area contributed by atoms with E-state index in [1.807, 2.05) is 0 Å². The summed E-state index contributed by atoms with van der Waals surface area (Å²) in [7, 11) is 0. The fourth-order valence-electron chi connectivity index (χ4n) is 0.642. The Bertz CT molecular complexity index is 366. The monoisotopic (exact) mass is 186 g/mol. The third-order valence-electron chi connectivity index (χ3n) is 1.02. The minimum Gasteiger partial charge on any atom is -0.243 e. The second-order valence-electron chi connectivity index (χ2n) is 1.65. The van der Waals surface area contributed by atoms with Crippen molar-refractivity contribution in [2.45, 2.75) is 0 Å². The predicted octanol–water partition coefficient (Wildman–Crippen LogP) is 2.48. The fourth-order valence-corrected chi connectivity index (χ4v) is 2.91. The van der Waals surface area contributed by atoms with Gasteiger partial charge in [-0.25, -0.2) is 9.97 Å². The van der Waals surface area contributed by atoms with Gasteiger partial charge < -0.3 is 0 Å². The van der Waals surface area contributed by atoms with Gasteiger partial charge in [0.1, 0.15) is 14.3 Å². The molecule has 0 fully saturated rings. The quantitative estimate of drug-likeness (QED) is 0.591. The second kappa shape index (κ2) is 2.34. The summed E-state index contributed by atoms with van der Waals surface area (Å²) < 4.78 is 1.99. The van der Waals surface area contributed by atoms with Crippen molar-refractivity contribution < 1.29 is 0 Å². The Labute approximate surface area is 70.2 Å². The molecule has 2 nitrogen and oxygen atoms in total. The minimum atomic E-state index is 0.913. The molecule has 0 aliphatic rings. The van der Waals surface area contributed by atoms with Crippen LogP contribution >= 0.6 is 34.9 Å². The molecule has 0 spiro atoms. The van der Waals surface area contributed by atoms with E-state index in [1.54, 1.807) is 23.9 Å². The van der Waals surface area contributed by atoms with Crippen LogP contribution in [-0.2, 0) is 0 Å². The average Bonchev–Trinajstić information content (AvgIpc) is 2.27. The Morgan fingerprint density at radius 2 is 2.30 bits per heavy atom. The summed E-state index contributed by atoms with van der Waals surface area (Å²) in [6.45, 7) is 0. The first-order valence-corrected chi connectivity index (χ1v) is 4.60. The van der Waals surface area contributed by atoms with E-state index in [9.17, 15) is 0 Å². The van der Waals surface area contributed by atoms with Crippen LogP contribution in [0.5, 0.6) is 0 Å². The molecule has 50 valence electrons. The molecule has 0 aliphatic heterocycles. The van der Waals surface area contributed by atoms with E-state index in [4.69, 9.17) is 12.2 Å². The molecular weight excluding hydrogens is 184 g/mol. The van der Waals surface area contributed by atoms with Gasteiger partial charge in [-0.3, -0.25) is 0 Å². The molecule has 5 heteroatoms. The van der Waals surface area contributed by atoms with Gasteiger partial charge in [-0.1, -0.05) is 23.6 Å². The third-order valence-corrected chi connectivity index (χ3v) is 3.52. The molecule has 2 aromatic rings. The number of hydrogen-bond acceptors (Lipinski definition) is 5. The van der Waals surface area contributed by atoms with E-state index in [0.717, 1.165) is 12.7 Å². The lowest BCUT2D eigenvalue weighted by molar-refractivity contribution is 1.24. The molecule has 0 saturated heterocycles. The van der Waals surface area contributed by atoms with Crippen LogP contribution in [0.4, 0.5) is 0 Å². The van der Waals surface area contributed by atoms with Crippen LogP contribution in [0.2, 0.25) is 0 Å². The van der Waals surface area contributed by atoms with Gasteiger partial charge in [0.2, 0.25) is 0 Å². The van der Waals surface area contributed by atoms with Crippen molar-refractivity contribution in [2.75, 3.05) is 0 Å². The Hall–Kier alpha value is -0.390. The van der Waals surface area contributed by atoms with Gasteiger partial charge in [0.05, 0.1) is 4.70 Å². The van der Waals surface area contributed by atoms with Crippen molar-refractivity contribution in [3.8, 4) is 0 Å². The molecule has 2 heterocycles. The van der Waals surface area contributed by atoms with E-state index < -0.39 is 0 Å². The lowest BCUT2D eigenvalue weighted by Gasteiger charge is -1.79. The van der Waals surface area contributed by atoms with Crippen molar-refractivity contribution in [2.24, 2.45) is 0 Å². The Kier molecular flexibility index (Phi) is 1.48. The van der Waals surface area contributed by atoms with Gasteiger partial charge >= 0.3 is 0 Å². The number of rotatable bonds is 0. The standard InChI is InChI=1S/C5H2N2S3/c8-5-9-3-1-6-2-7-4(3)10-5/h1-2H. The molecule has 2 aromatic heterocycles. The number of fused-ring (bicyclic) bond motifs is 1. The van der Waals surface area contributed by atoms with Crippen LogP contribution in [-0.4, -0.2) is 9.97 Å². The SMILES string of the molecule is S=c1sc2cncnc2s1. The molecule has 0 atom stereocenters. The summed E-state index contributed by atoms with van der Waals surface area (Å²) in [6, 6.07) is 0. The van der Waals surface area contributed by atoms with Gasteiger partial charge in [-0.2, -0.15) is 0 Å². The van der Waals surface area contributed by atoms with Crippen molar-refractivity contribution in [3.63, 3.8) is 0 Å². The summed E-state index contributed by atoms with van der Waals surface area (Å²) in [4.78, 5) is 8.93. The van der Waals surface area contributed by atoms with E-state index in [-0.39, 0.29) is 0 Å². The van der Waals surface area contributed by atoms with Crippen molar-refractivity contribution in [1.29, 1.82) is 0 Å². The molecule has 0 saturated carbocycles. The normalized spacial score (nSPS) is 10.4. The molecule has 0 bridgehead atoms. The number of hydrogen-bond donors (Lipinski definition) is 0. The van der Waals surface area contributed by atoms with Gasteiger partial charge in [0.15, 0.2) is 0 Å². The first-order valence-electron chi connectivity index (χ1n) is 2.56. The highest BCUT2D eigenvalue weighted by atomic mass is 32.2. The van der Waals surface area contributed by atoms with E-state index in [1.165, 1.54) is 11.3 Å². The molecule has 2 rings (SSSR count). The fraction of sp³-hybridized carbons (Fsp3) is 0. The molecular formula is C5H2N2S3. The Balaban J connectivity index is 3.01. The van der Waals surface area contributed by atoms with Crippen molar-refractivity contribution in [1.82, 2.24) is 9.97 Å². The van der Waals surface area contributed by atoms with Crippen LogP contribution < -0.4 is 0 Å². The van der Waals surface area contributed by atoms with Gasteiger partial charge in [0, 0.05) is 6.20 Å². The first-order chi connectivity index (χ1) is 4.86. The van der Waals surface area contributed by atoms with E-state index in [2.05, 4.69) is 9.97 Å². The van der Waals surface area contributed by atoms with Crippen LogP contribution in [0.15, 0.2) is 12.5 Å². The maximum Gasteiger partial charge on any atom is 0.146 e. The largest absolute Gasteiger partial charge is 0.243 e. The summed E-state index contributed by atoms with van der Waals surface area (Å²) >= 11 is 8.08. The second-order valence-corrected chi connectivity index (χ2v) is 4.88. The van der Waals surface area contributed by atoms with Gasteiger partial charge in [0.25, 0.3) is 0 Å². The molecule has 0 N–H and O–H groups in total. The van der Waals surface area contributed by atoms with Crippen molar-refractivity contribution >= 4 is 44.4 Å². The topological polar surface area (TPSA) is 25.8 Å². The zero-order chi connectivity index (χ0) is 6.97. The summed E-state index contributed by atoms with van der Waals surface area (Å²) in [5, 5.41) is 0. The minimum absolute atomic E-state index is 0.913. The van der Waals surface area contributed by atoms with E-state index >= 15 is 0 Å². The number of aromatic nitrogens is 2. The van der Waals surface area contributed by atoms with Crippen LogP contribution in [0, 0.1) is 3.14 Å². The number of nitrogens with zero attached hydrogens (tertiary/aromatic N) is 2. The zero-order valence-corrected chi connectivity index (χ0v) is 7.22. The lowest BCUT2D eigenvalue weighted by Crippen LogP contribution is -1.70. The van der Waals surface area contributed by atoms with Crippen LogP contribution in [0.1, 0.15) is 0 Å². The summed E-state index contributed by atoms with van der Waals surface area (Å²) in [6.07, 6.45) is 3.33. The molecule has 0 unspecified atom stereocenters. The third kappa shape index (κ3) is 0.960. The lowest BCUT2D eigenvalue weighted by atomic mass is 10.7. The van der Waals surface area contributed by atoms with Crippen LogP contribution in [0.25, 0.3) is 9.53 Å². The maximum absolute atomic E-state index is 4.98. The Morgan fingerprint density at radius 1 is 1.40 bits per heavy atom. The maximum atomic E-state index is 4.98. The zero-order valence-electron chi connectivity index (χ0n) is 4.77. The Morgan fingerprint density at radius 3 is 3.10 bits per heavy atom. The highest BCUT2D eigenvalue weighted by molar-refractivity contribution is 7.77. The molecule has 0 aromatic carbocycles. The first kappa shape index (κ1) is 6.33. The van der Waals surface area contributed by atoms with Crippen LogP contribution in [0.3, 0.4) is 0 Å². The van der Waals surface area contributed by atoms with E-state index in [0.29, 0.717) is 0 Å². The molecule has 0 radical (unpaired) electrons. The van der Waals surface area contributed by atoms with Gasteiger partial charge in [-0.15, -0.1) is 11.3 Å². The van der Waals surface area contributed by atoms with Gasteiger partial charge in [-0.05, 0) is 0 Å². The smallest absolute Gasteiger partial charge is 0.146 e. The molecule has 0 amide bonds. The summed E-state index contributed by atoms with van der Waals surface area (Å²) in [5.74, 6) is 0. The highest BCUT2D eigenvalue weighted by Crippen LogP contribution is 2.24.